The number of aromatic nitrogens is 2. The molecule has 0 aliphatic carbocycles. The van der Waals surface area contributed by atoms with Crippen molar-refractivity contribution in [2.24, 2.45) is 0 Å². The van der Waals surface area contributed by atoms with Gasteiger partial charge in [0.05, 0.1) is 18.9 Å². The first kappa shape index (κ1) is 15.6. The van der Waals surface area contributed by atoms with Gasteiger partial charge in [0.15, 0.2) is 5.82 Å². The van der Waals surface area contributed by atoms with Crippen LogP contribution in [0, 0.1) is 0 Å². The molecular formula is C17H24N4O3. The van der Waals surface area contributed by atoms with E-state index in [1.54, 1.807) is 4.90 Å². The molecule has 3 aliphatic heterocycles. The van der Waals surface area contributed by atoms with E-state index in [9.17, 15) is 9.59 Å². The van der Waals surface area contributed by atoms with E-state index < -0.39 is 0 Å². The second kappa shape index (κ2) is 6.55. The molecule has 1 aromatic rings. The average Bonchev–Trinajstić information content (AvgIpc) is 3.29. The minimum absolute atomic E-state index is 0.000762. The third-order valence-electron chi connectivity index (χ3n) is 5.20. The minimum Gasteiger partial charge on any atom is -0.378 e. The molecule has 0 atom stereocenters. The van der Waals surface area contributed by atoms with Gasteiger partial charge in [-0.25, -0.2) is 4.98 Å². The molecule has 24 heavy (non-hydrogen) atoms. The van der Waals surface area contributed by atoms with Crippen LogP contribution in [-0.4, -0.2) is 70.6 Å². The number of likely N-dealkylation sites (tertiary alicyclic amines) is 1. The molecule has 3 aliphatic rings. The molecule has 2 saturated heterocycles. The number of hydrogen-bond donors (Lipinski definition) is 0. The van der Waals surface area contributed by atoms with Crippen LogP contribution >= 0.6 is 0 Å². The van der Waals surface area contributed by atoms with Crippen LogP contribution in [0.25, 0.3) is 0 Å². The maximum Gasteiger partial charge on any atom is 0.290 e. The lowest BCUT2D eigenvalue weighted by atomic mass is 10.1. The summed E-state index contributed by atoms with van der Waals surface area (Å²) in [5.41, 5.74) is 1.46. The Labute approximate surface area is 141 Å². The first-order valence-corrected chi connectivity index (χ1v) is 9.01. The number of carbonyl (C=O) groups is 2. The Morgan fingerprint density at radius 3 is 2.25 bits per heavy atom. The Balaban J connectivity index is 1.66. The number of nitrogens with zero attached hydrogens (tertiary/aromatic N) is 4. The minimum atomic E-state index is -0.0677. The SMILES string of the molecule is O=C(c1nc(C(=O)N2CCOCC2)n2c1CCCC2)N1CCCC1. The van der Waals surface area contributed by atoms with Gasteiger partial charge in [-0.15, -0.1) is 0 Å². The quantitative estimate of drug-likeness (QED) is 0.808. The highest BCUT2D eigenvalue weighted by Crippen LogP contribution is 2.24. The third-order valence-corrected chi connectivity index (χ3v) is 5.20. The number of carbonyl (C=O) groups excluding carboxylic acids is 2. The summed E-state index contributed by atoms with van der Waals surface area (Å²) < 4.78 is 7.32. The van der Waals surface area contributed by atoms with E-state index in [0.29, 0.717) is 37.8 Å². The molecule has 4 heterocycles. The van der Waals surface area contributed by atoms with Gasteiger partial charge in [-0.3, -0.25) is 9.59 Å². The molecular weight excluding hydrogens is 308 g/mol. The normalized spacial score (nSPS) is 21.0. The zero-order valence-corrected chi connectivity index (χ0v) is 14.0. The van der Waals surface area contributed by atoms with Crippen molar-refractivity contribution >= 4 is 11.8 Å². The van der Waals surface area contributed by atoms with Crippen molar-refractivity contribution in [1.29, 1.82) is 0 Å². The summed E-state index contributed by atoms with van der Waals surface area (Å²) in [6, 6.07) is 0. The molecule has 1 aromatic heterocycles. The molecule has 4 rings (SSSR count). The summed E-state index contributed by atoms with van der Waals surface area (Å²) >= 11 is 0. The van der Waals surface area contributed by atoms with Gasteiger partial charge in [0.1, 0.15) is 5.69 Å². The van der Waals surface area contributed by atoms with Gasteiger partial charge in [0.25, 0.3) is 11.8 Å². The van der Waals surface area contributed by atoms with Crippen molar-refractivity contribution in [1.82, 2.24) is 19.4 Å². The predicted octanol–water partition coefficient (Wildman–Crippen LogP) is 0.928. The van der Waals surface area contributed by atoms with Crippen LogP contribution in [0.3, 0.4) is 0 Å². The van der Waals surface area contributed by atoms with E-state index in [-0.39, 0.29) is 11.8 Å². The molecule has 2 fully saturated rings. The predicted molar refractivity (Wildman–Crippen MR) is 87.0 cm³/mol. The number of rotatable bonds is 2. The van der Waals surface area contributed by atoms with Gasteiger partial charge < -0.3 is 19.1 Å². The smallest absolute Gasteiger partial charge is 0.290 e. The van der Waals surface area contributed by atoms with E-state index in [1.807, 2.05) is 9.47 Å². The van der Waals surface area contributed by atoms with Crippen molar-refractivity contribution in [3.05, 3.63) is 17.2 Å². The summed E-state index contributed by atoms with van der Waals surface area (Å²) in [5.74, 6) is 0.371. The van der Waals surface area contributed by atoms with Crippen LogP contribution in [-0.2, 0) is 17.7 Å². The largest absolute Gasteiger partial charge is 0.378 e. The van der Waals surface area contributed by atoms with Crippen molar-refractivity contribution in [3.63, 3.8) is 0 Å². The molecule has 0 radical (unpaired) electrons. The Hall–Kier alpha value is -1.89. The highest BCUT2D eigenvalue weighted by Gasteiger charge is 2.32. The Bertz CT molecular complexity index is 643. The Kier molecular flexibility index (Phi) is 4.26. The number of fused-ring (bicyclic) bond motifs is 1. The zero-order valence-electron chi connectivity index (χ0n) is 14.0. The van der Waals surface area contributed by atoms with E-state index in [4.69, 9.17) is 4.74 Å². The standard InChI is InChI=1S/C17H24N4O3/c22-16(19-6-3-4-7-19)14-13-5-1-2-8-21(13)15(18-14)17(23)20-9-11-24-12-10-20/h1-12H2. The van der Waals surface area contributed by atoms with E-state index >= 15 is 0 Å². The number of imidazole rings is 1. The lowest BCUT2D eigenvalue weighted by molar-refractivity contribution is 0.0291. The zero-order chi connectivity index (χ0) is 16.5. The highest BCUT2D eigenvalue weighted by atomic mass is 16.5. The molecule has 2 amide bonds. The topological polar surface area (TPSA) is 67.7 Å². The number of morpholine rings is 1. The first-order valence-electron chi connectivity index (χ1n) is 9.01. The fourth-order valence-electron chi connectivity index (χ4n) is 3.86. The Morgan fingerprint density at radius 2 is 1.50 bits per heavy atom. The maximum absolute atomic E-state index is 12.9. The third kappa shape index (κ3) is 2.70. The number of hydrogen-bond acceptors (Lipinski definition) is 4. The molecule has 7 heteroatoms. The summed E-state index contributed by atoms with van der Waals surface area (Å²) in [7, 11) is 0. The number of amides is 2. The molecule has 7 nitrogen and oxygen atoms in total. The van der Waals surface area contributed by atoms with Gasteiger partial charge in [0, 0.05) is 32.7 Å². The van der Waals surface area contributed by atoms with Gasteiger partial charge in [-0.05, 0) is 32.1 Å². The second-order valence-electron chi connectivity index (χ2n) is 6.74. The van der Waals surface area contributed by atoms with Crippen molar-refractivity contribution in [3.8, 4) is 0 Å². The van der Waals surface area contributed by atoms with E-state index in [1.165, 1.54) is 0 Å². The van der Waals surface area contributed by atoms with Gasteiger partial charge in [0.2, 0.25) is 0 Å². The summed E-state index contributed by atoms with van der Waals surface area (Å²) in [6.07, 6.45) is 5.03. The van der Waals surface area contributed by atoms with E-state index in [0.717, 1.165) is 57.4 Å². The fourth-order valence-corrected chi connectivity index (χ4v) is 3.86. The first-order chi connectivity index (χ1) is 11.8. The van der Waals surface area contributed by atoms with Gasteiger partial charge in [-0.2, -0.15) is 0 Å². The Morgan fingerprint density at radius 1 is 0.833 bits per heavy atom. The lowest BCUT2D eigenvalue weighted by Crippen LogP contribution is -2.42. The monoisotopic (exact) mass is 332 g/mol. The van der Waals surface area contributed by atoms with Crippen LogP contribution in [0.2, 0.25) is 0 Å². The summed E-state index contributed by atoms with van der Waals surface area (Å²) in [4.78, 5) is 33.9. The molecule has 0 N–H and O–H groups in total. The second-order valence-corrected chi connectivity index (χ2v) is 6.74. The van der Waals surface area contributed by atoms with Crippen LogP contribution in [0.1, 0.15) is 52.5 Å². The van der Waals surface area contributed by atoms with Crippen LogP contribution in [0.4, 0.5) is 0 Å². The molecule has 0 unspecified atom stereocenters. The molecule has 0 bridgehead atoms. The summed E-state index contributed by atoms with van der Waals surface area (Å²) in [6.45, 7) is 4.71. The number of ether oxygens (including phenoxy) is 1. The molecule has 130 valence electrons. The lowest BCUT2D eigenvalue weighted by Gasteiger charge is -2.27. The van der Waals surface area contributed by atoms with Crippen LogP contribution < -0.4 is 0 Å². The molecule has 0 spiro atoms. The van der Waals surface area contributed by atoms with Crippen LogP contribution in [0.5, 0.6) is 0 Å². The molecule has 0 aromatic carbocycles. The van der Waals surface area contributed by atoms with Gasteiger partial charge >= 0.3 is 0 Å². The van der Waals surface area contributed by atoms with Crippen molar-refractivity contribution in [2.75, 3.05) is 39.4 Å². The van der Waals surface area contributed by atoms with E-state index in [2.05, 4.69) is 4.98 Å². The summed E-state index contributed by atoms with van der Waals surface area (Å²) in [5, 5.41) is 0. The maximum atomic E-state index is 12.9. The molecule has 0 saturated carbocycles. The van der Waals surface area contributed by atoms with Crippen LogP contribution in [0.15, 0.2) is 0 Å². The fraction of sp³-hybridized carbons (Fsp3) is 0.706. The van der Waals surface area contributed by atoms with Gasteiger partial charge in [-0.1, -0.05) is 0 Å². The van der Waals surface area contributed by atoms with Crippen molar-refractivity contribution in [2.45, 2.75) is 38.6 Å². The average molecular weight is 332 g/mol. The highest BCUT2D eigenvalue weighted by molar-refractivity contribution is 5.97. The van der Waals surface area contributed by atoms with Crippen molar-refractivity contribution < 1.29 is 14.3 Å².